The van der Waals surface area contributed by atoms with Crippen molar-refractivity contribution in [3.63, 3.8) is 0 Å². The summed E-state index contributed by atoms with van der Waals surface area (Å²) in [7, 11) is 0. The molecule has 1 amide bonds. The molecule has 28 heavy (non-hydrogen) atoms. The number of carbonyl (C=O) groups is 1. The zero-order valence-corrected chi connectivity index (χ0v) is 15.8. The van der Waals surface area contributed by atoms with Crippen LogP contribution in [0.3, 0.4) is 0 Å². The first-order valence-electron chi connectivity index (χ1n) is 8.33. The number of nitrogens with one attached hydrogen (secondary N) is 1. The van der Waals surface area contributed by atoms with Crippen LogP contribution >= 0.6 is 11.8 Å². The van der Waals surface area contributed by atoms with Gasteiger partial charge in [-0.3, -0.25) is 4.79 Å². The van der Waals surface area contributed by atoms with E-state index in [1.165, 1.54) is 11.8 Å². The van der Waals surface area contributed by atoms with E-state index in [9.17, 15) is 4.79 Å². The Bertz CT molecular complexity index is 1080. The van der Waals surface area contributed by atoms with E-state index >= 15 is 0 Å². The molecule has 0 saturated carbocycles. The second-order valence-electron chi connectivity index (χ2n) is 5.82. The number of furan rings is 2. The van der Waals surface area contributed by atoms with Gasteiger partial charge in [-0.05, 0) is 38.1 Å². The average molecular weight is 397 g/mol. The van der Waals surface area contributed by atoms with Crippen LogP contribution in [0.25, 0.3) is 22.9 Å². The van der Waals surface area contributed by atoms with Crippen LogP contribution in [-0.4, -0.2) is 31.5 Å². The van der Waals surface area contributed by atoms with Gasteiger partial charge in [-0.1, -0.05) is 16.9 Å². The van der Waals surface area contributed by atoms with Crippen LogP contribution in [0.1, 0.15) is 12.7 Å². The fourth-order valence-electron chi connectivity index (χ4n) is 2.39. The normalized spacial score (nSPS) is 12.1. The summed E-state index contributed by atoms with van der Waals surface area (Å²) in [4.78, 5) is 16.9. The predicted molar refractivity (Wildman–Crippen MR) is 100 cm³/mol. The SMILES string of the molecule is Cc1cc(NC(=O)C(C)Sc2nnc(-c3ccco3)c(-c3ccco3)n2)no1. The van der Waals surface area contributed by atoms with Crippen molar-refractivity contribution in [2.75, 3.05) is 5.32 Å². The zero-order chi connectivity index (χ0) is 19.5. The van der Waals surface area contributed by atoms with E-state index in [2.05, 4.69) is 25.7 Å². The number of aryl methyl sites for hydroxylation is 1. The van der Waals surface area contributed by atoms with E-state index < -0.39 is 5.25 Å². The highest BCUT2D eigenvalue weighted by Crippen LogP contribution is 2.31. The number of hydrogen-bond donors (Lipinski definition) is 1. The second-order valence-corrected chi connectivity index (χ2v) is 7.13. The highest BCUT2D eigenvalue weighted by atomic mass is 32.2. The van der Waals surface area contributed by atoms with E-state index in [0.29, 0.717) is 39.6 Å². The predicted octanol–water partition coefficient (Wildman–Crippen LogP) is 3.81. The summed E-state index contributed by atoms with van der Waals surface area (Å²) in [5.41, 5.74) is 0.941. The Morgan fingerprint density at radius 2 is 1.82 bits per heavy atom. The van der Waals surface area contributed by atoms with Gasteiger partial charge in [-0.15, -0.1) is 10.2 Å². The van der Waals surface area contributed by atoms with Crippen molar-refractivity contribution < 1.29 is 18.2 Å². The van der Waals surface area contributed by atoms with Crippen LogP contribution in [0, 0.1) is 6.92 Å². The molecule has 142 valence electrons. The molecule has 4 rings (SSSR count). The Balaban J connectivity index is 1.56. The van der Waals surface area contributed by atoms with Crippen LogP contribution in [0.5, 0.6) is 0 Å². The number of hydrogen-bond acceptors (Lipinski definition) is 9. The Labute approximate surface area is 163 Å². The van der Waals surface area contributed by atoms with Crippen molar-refractivity contribution in [3.05, 3.63) is 48.6 Å². The summed E-state index contributed by atoms with van der Waals surface area (Å²) >= 11 is 1.17. The molecule has 10 heteroatoms. The zero-order valence-electron chi connectivity index (χ0n) is 14.9. The van der Waals surface area contributed by atoms with E-state index in [1.807, 2.05) is 0 Å². The molecule has 1 atom stereocenters. The topological polar surface area (TPSA) is 120 Å². The third-order valence-electron chi connectivity index (χ3n) is 3.71. The van der Waals surface area contributed by atoms with Gasteiger partial charge in [0, 0.05) is 6.07 Å². The summed E-state index contributed by atoms with van der Waals surface area (Å²) in [6, 6.07) is 8.69. The molecule has 4 heterocycles. The third kappa shape index (κ3) is 3.81. The highest BCUT2D eigenvalue weighted by molar-refractivity contribution is 8.00. The summed E-state index contributed by atoms with van der Waals surface area (Å²) in [6.45, 7) is 3.49. The maximum absolute atomic E-state index is 12.4. The molecular weight excluding hydrogens is 382 g/mol. The number of anilines is 1. The lowest BCUT2D eigenvalue weighted by Crippen LogP contribution is -2.23. The quantitative estimate of drug-likeness (QED) is 0.484. The molecule has 0 aromatic carbocycles. The van der Waals surface area contributed by atoms with E-state index in [4.69, 9.17) is 13.4 Å². The molecule has 0 aliphatic carbocycles. The molecule has 0 saturated heterocycles. The Kier molecular flexibility index (Phi) is 4.94. The molecule has 0 bridgehead atoms. The molecule has 0 radical (unpaired) electrons. The fourth-order valence-corrected chi connectivity index (χ4v) is 3.10. The molecule has 1 N–H and O–H groups in total. The number of aromatic nitrogens is 4. The number of carbonyl (C=O) groups excluding carboxylic acids is 1. The molecule has 4 aromatic rings. The minimum atomic E-state index is -0.488. The summed E-state index contributed by atoms with van der Waals surface area (Å²) < 4.78 is 15.8. The van der Waals surface area contributed by atoms with Crippen LogP contribution < -0.4 is 5.32 Å². The lowest BCUT2D eigenvalue weighted by atomic mass is 10.2. The molecule has 0 aliphatic heterocycles. The largest absolute Gasteiger partial charge is 0.463 e. The number of thioether (sulfide) groups is 1. The Hall–Kier alpha value is -3.40. The molecule has 9 nitrogen and oxygen atoms in total. The molecule has 4 aromatic heterocycles. The first-order valence-corrected chi connectivity index (χ1v) is 9.21. The Morgan fingerprint density at radius 3 is 2.43 bits per heavy atom. The van der Waals surface area contributed by atoms with Crippen molar-refractivity contribution >= 4 is 23.5 Å². The van der Waals surface area contributed by atoms with Gasteiger partial charge in [-0.2, -0.15) is 0 Å². The second kappa shape index (κ2) is 7.69. The minimum Gasteiger partial charge on any atom is -0.463 e. The fraction of sp³-hybridized carbons (Fsp3) is 0.167. The first kappa shape index (κ1) is 18.0. The van der Waals surface area contributed by atoms with Gasteiger partial charge in [0.15, 0.2) is 23.0 Å². The first-order chi connectivity index (χ1) is 13.6. The Morgan fingerprint density at radius 1 is 1.11 bits per heavy atom. The number of nitrogens with zero attached hydrogens (tertiary/aromatic N) is 4. The van der Waals surface area contributed by atoms with Crippen molar-refractivity contribution in [2.45, 2.75) is 24.3 Å². The van der Waals surface area contributed by atoms with Crippen LogP contribution in [0.15, 0.2) is 61.4 Å². The van der Waals surface area contributed by atoms with E-state index in [-0.39, 0.29) is 5.91 Å². The van der Waals surface area contributed by atoms with Gasteiger partial charge in [0.05, 0.1) is 17.8 Å². The van der Waals surface area contributed by atoms with Crippen molar-refractivity contribution in [1.29, 1.82) is 0 Å². The van der Waals surface area contributed by atoms with Crippen LogP contribution in [-0.2, 0) is 4.79 Å². The van der Waals surface area contributed by atoms with Gasteiger partial charge in [0.25, 0.3) is 0 Å². The lowest BCUT2D eigenvalue weighted by Gasteiger charge is -2.10. The van der Waals surface area contributed by atoms with Crippen molar-refractivity contribution in [2.24, 2.45) is 0 Å². The van der Waals surface area contributed by atoms with Gasteiger partial charge in [0.2, 0.25) is 11.1 Å². The summed E-state index contributed by atoms with van der Waals surface area (Å²) in [6.07, 6.45) is 3.09. The van der Waals surface area contributed by atoms with Crippen LogP contribution in [0.2, 0.25) is 0 Å². The van der Waals surface area contributed by atoms with Crippen molar-refractivity contribution in [1.82, 2.24) is 20.3 Å². The molecule has 0 aliphatic rings. The molecule has 0 fully saturated rings. The van der Waals surface area contributed by atoms with Gasteiger partial charge >= 0.3 is 0 Å². The van der Waals surface area contributed by atoms with Crippen LogP contribution in [0.4, 0.5) is 5.82 Å². The lowest BCUT2D eigenvalue weighted by molar-refractivity contribution is -0.115. The van der Waals surface area contributed by atoms with Gasteiger partial charge < -0.3 is 18.7 Å². The maximum Gasteiger partial charge on any atom is 0.238 e. The van der Waals surface area contributed by atoms with Gasteiger partial charge in [0.1, 0.15) is 11.5 Å². The highest BCUT2D eigenvalue weighted by Gasteiger charge is 2.21. The summed E-state index contributed by atoms with van der Waals surface area (Å²) in [5, 5.41) is 14.6. The maximum atomic E-state index is 12.4. The smallest absolute Gasteiger partial charge is 0.238 e. The summed E-state index contributed by atoms with van der Waals surface area (Å²) in [5.74, 6) is 1.77. The van der Waals surface area contributed by atoms with E-state index in [0.717, 1.165) is 0 Å². The number of rotatable bonds is 6. The van der Waals surface area contributed by atoms with Gasteiger partial charge in [-0.25, -0.2) is 4.98 Å². The average Bonchev–Trinajstić information content (AvgIpc) is 3.45. The number of amides is 1. The monoisotopic (exact) mass is 397 g/mol. The minimum absolute atomic E-state index is 0.253. The third-order valence-corrected chi connectivity index (χ3v) is 4.66. The molecule has 1 unspecified atom stereocenters. The van der Waals surface area contributed by atoms with Crippen molar-refractivity contribution in [3.8, 4) is 22.9 Å². The van der Waals surface area contributed by atoms with E-state index in [1.54, 1.807) is 56.7 Å². The molecule has 0 spiro atoms. The molecular formula is C18H15N5O4S. The standard InChI is InChI=1S/C18H15N5O4S/c1-10-9-14(23-27-10)19-17(24)11(2)28-18-20-15(12-5-3-7-25-12)16(21-22-18)13-6-4-8-26-13/h3-9,11H,1-2H3,(H,19,23,24).